The summed E-state index contributed by atoms with van der Waals surface area (Å²) in [7, 11) is 3.21. The minimum absolute atomic E-state index is 0.0323. The topological polar surface area (TPSA) is 108 Å². The first-order valence-corrected chi connectivity index (χ1v) is 12.9. The van der Waals surface area contributed by atoms with E-state index >= 15 is 0 Å². The Bertz CT molecular complexity index is 1320. The molecule has 1 aliphatic rings. The van der Waals surface area contributed by atoms with Crippen molar-refractivity contribution in [3.63, 3.8) is 0 Å². The summed E-state index contributed by atoms with van der Waals surface area (Å²) in [5.74, 6) is 0.765. The van der Waals surface area contributed by atoms with Gasteiger partial charge in [-0.3, -0.25) is 9.69 Å². The van der Waals surface area contributed by atoms with Gasteiger partial charge in [0.1, 0.15) is 5.75 Å². The summed E-state index contributed by atoms with van der Waals surface area (Å²) in [5.41, 5.74) is 3.14. The first kappa shape index (κ1) is 27.6. The number of pyridine rings is 1. The molecule has 0 saturated carbocycles. The van der Waals surface area contributed by atoms with E-state index in [0.29, 0.717) is 29.3 Å². The Labute approximate surface area is 229 Å². The third kappa shape index (κ3) is 7.12. The maximum Gasteiger partial charge on any atom is 0.414 e. The third-order valence-electron chi connectivity index (χ3n) is 6.39. The van der Waals surface area contributed by atoms with E-state index in [1.807, 2.05) is 56.4 Å². The molecule has 202 valence electrons. The molecule has 0 bridgehead atoms. The predicted octanol–water partition coefficient (Wildman–Crippen LogP) is 4.39. The van der Waals surface area contributed by atoms with Crippen LogP contribution in [0.1, 0.15) is 53.4 Å². The number of nitrogens with zero attached hydrogens (tertiary/aromatic N) is 4. The number of rotatable bonds is 8. The van der Waals surface area contributed by atoms with Crippen LogP contribution in [-0.2, 0) is 0 Å². The third-order valence-corrected chi connectivity index (χ3v) is 6.39. The molecule has 1 unspecified atom stereocenters. The van der Waals surface area contributed by atoms with E-state index in [9.17, 15) is 14.9 Å². The lowest BCUT2D eigenvalue weighted by Gasteiger charge is -2.29. The number of aromatic nitrogens is 1. The van der Waals surface area contributed by atoms with Gasteiger partial charge in [0.2, 0.25) is 5.88 Å². The zero-order valence-corrected chi connectivity index (χ0v) is 22.6. The summed E-state index contributed by atoms with van der Waals surface area (Å²) in [6, 6.07) is 20.0. The molecule has 9 heteroatoms. The van der Waals surface area contributed by atoms with Gasteiger partial charge in [-0.2, -0.15) is 5.26 Å². The quantitative estimate of drug-likeness (QED) is 0.463. The molecule has 0 spiro atoms. The van der Waals surface area contributed by atoms with E-state index in [1.54, 1.807) is 38.4 Å². The zero-order chi connectivity index (χ0) is 27.9. The van der Waals surface area contributed by atoms with Gasteiger partial charge in [0.25, 0.3) is 5.91 Å². The zero-order valence-electron chi connectivity index (χ0n) is 22.6. The van der Waals surface area contributed by atoms with Crippen molar-refractivity contribution in [2.45, 2.75) is 38.5 Å². The number of hydrogen-bond donors (Lipinski definition) is 1. The summed E-state index contributed by atoms with van der Waals surface area (Å²) < 4.78 is 10.9. The predicted molar refractivity (Wildman–Crippen MR) is 147 cm³/mol. The molecule has 0 aliphatic carbocycles. The minimum atomic E-state index is -0.479. The average Bonchev–Trinajstić information content (AvgIpc) is 3.38. The molecule has 1 fully saturated rings. The first-order valence-electron chi connectivity index (χ1n) is 12.9. The van der Waals surface area contributed by atoms with E-state index in [4.69, 9.17) is 9.47 Å². The smallest absolute Gasteiger partial charge is 0.414 e. The minimum Gasteiger partial charge on any atom is -0.475 e. The molecule has 0 radical (unpaired) electrons. The van der Waals surface area contributed by atoms with Gasteiger partial charge in [-0.05, 0) is 67.8 Å². The second-order valence-electron chi connectivity index (χ2n) is 9.97. The highest BCUT2D eigenvalue weighted by atomic mass is 16.6. The average molecular weight is 528 g/mol. The Morgan fingerprint density at radius 1 is 1.05 bits per heavy atom. The maximum atomic E-state index is 13.0. The van der Waals surface area contributed by atoms with Crippen LogP contribution in [0, 0.1) is 11.3 Å². The van der Waals surface area contributed by atoms with Crippen LogP contribution in [0.15, 0.2) is 66.9 Å². The van der Waals surface area contributed by atoms with Crippen LogP contribution in [0.2, 0.25) is 0 Å². The molecule has 1 aliphatic heterocycles. The Morgan fingerprint density at radius 2 is 1.74 bits per heavy atom. The lowest BCUT2D eigenvalue weighted by Crippen LogP contribution is -2.38. The Morgan fingerprint density at radius 3 is 2.33 bits per heavy atom. The number of nitriles is 1. The van der Waals surface area contributed by atoms with Crippen LogP contribution in [0.4, 0.5) is 4.79 Å². The van der Waals surface area contributed by atoms with Crippen molar-refractivity contribution < 1.29 is 19.1 Å². The molecule has 1 aromatic heterocycles. The van der Waals surface area contributed by atoms with Crippen molar-refractivity contribution >= 4 is 12.0 Å². The van der Waals surface area contributed by atoms with Crippen LogP contribution in [0.3, 0.4) is 0 Å². The van der Waals surface area contributed by atoms with E-state index in [2.05, 4.69) is 21.3 Å². The molecule has 1 saturated heterocycles. The largest absolute Gasteiger partial charge is 0.475 e. The van der Waals surface area contributed by atoms with Gasteiger partial charge in [-0.25, -0.2) is 9.78 Å². The van der Waals surface area contributed by atoms with Crippen molar-refractivity contribution in [3.05, 3.63) is 89.1 Å². The number of nitrogens with one attached hydrogen (secondary N) is 1. The molecule has 4 rings (SSSR count). The standard InChI is InChI=1S/C30H33N5O4/c1-20(2)38-27-14-11-24(18-32-27)28(22-7-5-21(17-31)6-8-22)35-16-15-25(19-35)33-29(36)23-9-12-26(13-10-23)39-30(37)34(3)4/h5-14,18,20,25,28H,15-16,19H2,1-4H3,(H,33,36)/t25-,28?/m1/s1. The highest BCUT2D eigenvalue weighted by Crippen LogP contribution is 2.32. The number of carbonyl (C=O) groups excluding carboxylic acids is 2. The Balaban J connectivity index is 1.46. The number of carbonyl (C=O) groups is 2. The molecule has 9 nitrogen and oxygen atoms in total. The monoisotopic (exact) mass is 527 g/mol. The number of hydrogen-bond acceptors (Lipinski definition) is 7. The summed E-state index contributed by atoms with van der Waals surface area (Å²) in [6.07, 6.45) is 2.17. The molecular formula is C30H33N5O4. The fourth-order valence-corrected chi connectivity index (χ4v) is 4.49. The summed E-state index contributed by atoms with van der Waals surface area (Å²) in [5, 5.41) is 12.4. The van der Waals surface area contributed by atoms with Gasteiger partial charge in [0.05, 0.1) is 23.8 Å². The number of likely N-dealkylation sites (tertiary alicyclic amines) is 1. The van der Waals surface area contributed by atoms with Crippen LogP contribution in [0.5, 0.6) is 11.6 Å². The van der Waals surface area contributed by atoms with Crippen LogP contribution >= 0.6 is 0 Å². The van der Waals surface area contributed by atoms with Gasteiger partial charge in [-0.15, -0.1) is 0 Å². The van der Waals surface area contributed by atoms with Crippen molar-refractivity contribution in [2.24, 2.45) is 0 Å². The van der Waals surface area contributed by atoms with E-state index in [-0.39, 0.29) is 24.1 Å². The number of benzene rings is 2. The van der Waals surface area contributed by atoms with Crippen molar-refractivity contribution in [2.75, 3.05) is 27.2 Å². The summed E-state index contributed by atoms with van der Waals surface area (Å²) in [6.45, 7) is 5.35. The molecule has 2 amide bonds. The second-order valence-corrected chi connectivity index (χ2v) is 9.97. The lowest BCUT2D eigenvalue weighted by molar-refractivity contribution is 0.0937. The van der Waals surface area contributed by atoms with Gasteiger partial charge in [0.15, 0.2) is 0 Å². The molecule has 2 aromatic carbocycles. The highest BCUT2D eigenvalue weighted by Gasteiger charge is 2.31. The molecule has 1 N–H and O–H groups in total. The van der Waals surface area contributed by atoms with E-state index in [0.717, 1.165) is 24.1 Å². The van der Waals surface area contributed by atoms with Crippen molar-refractivity contribution in [1.29, 1.82) is 5.26 Å². The van der Waals surface area contributed by atoms with Gasteiger partial charge in [-0.1, -0.05) is 18.2 Å². The van der Waals surface area contributed by atoms with Gasteiger partial charge in [0, 0.05) is 51.1 Å². The fourth-order valence-electron chi connectivity index (χ4n) is 4.49. The van der Waals surface area contributed by atoms with Crippen LogP contribution in [-0.4, -0.2) is 66.1 Å². The second kappa shape index (κ2) is 12.4. The Kier molecular flexibility index (Phi) is 8.79. The molecule has 2 heterocycles. The molecule has 3 aromatic rings. The van der Waals surface area contributed by atoms with Crippen molar-refractivity contribution in [3.8, 4) is 17.7 Å². The van der Waals surface area contributed by atoms with E-state index in [1.165, 1.54) is 4.90 Å². The van der Waals surface area contributed by atoms with Crippen LogP contribution < -0.4 is 14.8 Å². The van der Waals surface area contributed by atoms with Crippen molar-refractivity contribution in [1.82, 2.24) is 20.1 Å². The van der Waals surface area contributed by atoms with E-state index < -0.39 is 6.09 Å². The van der Waals surface area contributed by atoms with Gasteiger partial charge >= 0.3 is 6.09 Å². The first-order chi connectivity index (χ1) is 18.7. The summed E-state index contributed by atoms with van der Waals surface area (Å²) >= 11 is 0. The number of ether oxygens (including phenoxy) is 2. The lowest BCUT2D eigenvalue weighted by atomic mass is 9.97. The van der Waals surface area contributed by atoms with Crippen LogP contribution in [0.25, 0.3) is 0 Å². The molecule has 2 atom stereocenters. The normalized spacial score (nSPS) is 15.8. The number of amides is 2. The highest BCUT2D eigenvalue weighted by molar-refractivity contribution is 5.94. The molecular weight excluding hydrogens is 494 g/mol. The summed E-state index contributed by atoms with van der Waals surface area (Å²) in [4.78, 5) is 32.9. The Hall–Kier alpha value is -4.42. The SMILES string of the molecule is CC(C)Oc1ccc(C(c2ccc(C#N)cc2)N2CC[C@@H](NC(=O)c3ccc(OC(=O)N(C)C)cc3)C2)cn1. The maximum absolute atomic E-state index is 13.0. The van der Waals surface area contributed by atoms with Gasteiger partial charge < -0.3 is 19.7 Å². The fraction of sp³-hybridized carbons (Fsp3) is 0.333. The molecule has 39 heavy (non-hydrogen) atoms.